The first-order chi connectivity index (χ1) is 6.13. The number of ether oxygens (including phenoxy) is 1. The zero-order chi connectivity index (χ0) is 9.84. The Morgan fingerprint density at radius 3 is 2.77 bits per heavy atom. The maximum absolute atomic E-state index is 12.9. The summed E-state index contributed by atoms with van der Waals surface area (Å²) >= 11 is 3.20. The Morgan fingerprint density at radius 2 is 2.23 bits per heavy atom. The van der Waals surface area contributed by atoms with Crippen molar-refractivity contribution in [3.63, 3.8) is 0 Å². The van der Waals surface area contributed by atoms with E-state index in [1.807, 2.05) is 0 Å². The van der Waals surface area contributed by atoms with Crippen molar-refractivity contribution in [2.24, 2.45) is 5.73 Å². The van der Waals surface area contributed by atoms with Crippen molar-refractivity contribution in [2.75, 3.05) is 13.7 Å². The molecule has 0 saturated heterocycles. The molecule has 0 radical (unpaired) electrons. The third-order valence-electron chi connectivity index (χ3n) is 1.66. The summed E-state index contributed by atoms with van der Waals surface area (Å²) in [5.41, 5.74) is 6.46. The minimum absolute atomic E-state index is 0.281. The van der Waals surface area contributed by atoms with Crippen LogP contribution in [0.15, 0.2) is 22.7 Å². The van der Waals surface area contributed by atoms with Crippen LogP contribution in [-0.4, -0.2) is 13.7 Å². The van der Waals surface area contributed by atoms with Crippen LogP contribution in [0, 0.1) is 5.82 Å². The van der Waals surface area contributed by atoms with Crippen molar-refractivity contribution in [2.45, 2.75) is 6.04 Å². The second-order valence-corrected chi connectivity index (χ2v) is 3.68. The lowest BCUT2D eigenvalue weighted by Gasteiger charge is -2.10. The van der Waals surface area contributed by atoms with Gasteiger partial charge in [0.25, 0.3) is 0 Å². The van der Waals surface area contributed by atoms with Gasteiger partial charge in [-0.15, -0.1) is 0 Å². The summed E-state index contributed by atoms with van der Waals surface area (Å²) in [6.45, 7) is 0.385. The number of rotatable bonds is 3. The minimum atomic E-state index is -0.295. The average Bonchev–Trinajstić information content (AvgIpc) is 2.03. The van der Waals surface area contributed by atoms with Gasteiger partial charge in [0.2, 0.25) is 0 Å². The summed E-state index contributed by atoms with van der Waals surface area (Å²) in [5.74, 6) is -0.295. The lowest BCUT2D eigenvalue weighted by atomic mass is 10.1. The summed E-state index contributed by atoms with van der Waals surface area (Å²) in [5, 5.41) is 0. The van der Waals surface area contributed by atoms with Crippen LogP contribution in [0.3, 0.4) is 0 Å². The fourth-order valence-electron chi connectivity index (χ4n) is 1.07. The Morgan fingerprint density at radius 1 is 1.54 bits per heavy atom. The molecule has 1 atom stereocenters. The summed E-state index contributed by atoms with van der Waals surface area (Å²) in [4.78, 5) is 0. The number of halogens is 2. The van der Waals surface area contributed by atoms with Gasteiger partial charge >= 0.3 is 0 Å². The van der Waals surface area contributed by atoms with Gasteiger partial charge in [0.1, 0.15) is 5.82 Å². The average molecular weight is 248 g/mol. The summed E-state index contributed by atoms with van der Waals surface area (Å²) in [7, 11) is 1.56. The van der Waals surface area contributed by atoms with Crippen LogP contribution in [0.1, 0.15) is 11.6 Å². The highest BCUT2D eigenvalue weighted by Gasteiger charge is 2.07. The highest BCUT2D eigenvalue weighted by atomic mass is 79.9. The van der Waals surface area contributed by atoms with Crippen molar-refractivity contribution in [1.82, 2.24) is 0 Å². The quantitative estimate of drug-likeness (QED) is 0.890. The molecule has 0 spiro atoms. The third kappa shape index (κ3) is 3.06. The SMILES string of the molecule is COCC(N)c1cc(F)cc(Br)c1. The van der Waals surface area contributed by atoms with Crippen molar-refractivity contribution in [1.29, 1.82) is 0 Å². The van der Waals surface area contributed by atoms with Crippen LogP contribution >= 0.6 is 15.9 Å². The highest BCUT2D eigenvalue weighted by Crippen LogP contribution is 2.19. The van der Waals surface area contributed by atoms with Gasteiger partial charge in [-0.3, -0.25) is 0 Å². The van der Waals surface area contributed by atoms with Crippen molar-refractivity contribution < 1.29 is 9.13 Å². The first kappa shape index (κ1) is 10.6. The smallest absolute Gasteiger partial charge is 0.124 e. The first-order valence-electron chi connectivity index (χ1n) is 3.84. The molecular weight excluding hydrogens is 237 g/mol. The molecule has 13 heavy (non-hydrogen) atoms. The summed E-state index contributed by atoms with van der Waals surface area (Å²) in [6, 6.07) is 4.31. The first-order valence-corrected chi connectivity index (χ1v) is 4.63. The lowest BCUT2D eigenvalue weighted by molar-refractivity contribution is 0.181. The second kappa shape index (κ2) is 4.69. The van der Waals surface area contributed by atoms with E-state index in [0.29, 0.717) is 11.1 Å². The molecule has 2 N–H and O–H groups in total. The zero-order valence-corrected chi connectivity index (χ0v) is 8.84. The van der Waals surface area contributed by atoms with Gasteiger partial charge in [0.15, 0.2) is 0 Å². The van der Waals surface area contributed by atoms with Gasteiger partial charge in [-0.1, -0.05) is 15.9 Å². The molecule has 0 aliphatic carbocycles. The molecule has 0 aliphatic heterocycles. The molecule has 1 aromatic rings. The molecule has 0 heterocycles. The topological polar surface area (TPSA) is 35.2 Å². The highest BCUT2D eigenvalue weighted by molar-refractivity contribution is 9.10. The third-order valence-corrected chi connectivity index (χ3v) is 2.12. The van der Waals surface area contributed by atoms with E-state index in [9.17, 15) is 4.39 Å². The summed E-state index contributed by atoms with van der Waals surface area (Å²) < 4.78 is 18.5. The second-order valence-electron chi connectivity index (χ2n) is 2.76. The van der Waals surface area contributed by atoms with E-state index in [1.165, 1.54) is 12.1 Å². The fraction of sp³-hybridized carbons (Fsp3) is 0.333. The number of nitrogens with two attached hydrogens (primary N) is 1. The molecule has 72 valence electrons. The van der Waals surface area contributed by atoms with E-state index in [0.717, 1.165) is 5.56 Å². The van der Waals surface area contributed by atoms with Gasteiger partial charge in [-0.05, 0) is 23.8 Å². The van der Waals surface area contributed by atoms with Crippen molar-refractivity contribution in [3.8, 4) is 0 Å². The predicted molar refractivity (Wildman–Crippen MR) is 52.9 cm³/mol. The zero-order valence-electron chi connectivity index (χ0n) is 7.26. The maximum Gasteiger partial charge on any atom is 0.124 e. The van der Waals surface area contributed by atoms with Crippen molar-refractivity contribution in [3.05, 3.63) is 34.1 Å². The van der Waals surface area contributed by atoms with Gasteiger partial charge in [0, 0.05) is 11.6 Å². The molecule has 2 nitrogen and oxygen atoms in total. The van der Waals surface area contributed by atoms with Crippen LogP contribution in [0.25, 0.3) is 0 Å². The standard InChI is InChI=1S/C9H11BrFNO/c1-13-5-9(12)6-2-7(10)4-8(11)3-6/h2-4,9H,5,12H2,1H3. The number of hydrogen-bond acceptors (Lipinski definition) is 2. The van der Waals surface area contributed by atoms with E-state index in [1.54, 1.807) is 13.2 Å². The molecule has 1 aromatic carbocycles. The fourth-order valence-corrected chi connectivity index (χ4v) is 1.55. The molecule has 0 saturated carbocycles. The monoisotopic (exact) mass is 247 g/mol. The molecule has 1 unspecified atom stereocenters. The number of benzene rings is 1. The number of hydrogen-bond donors (Lipinski definition) is 1. The molecule has 0 aromatic heterocycles. The summed E-state index contributed by atoms with van der Waals surface area (Å²) in [6.07, 6.45) is 0. The minimum Gasteiger partial charge on any atom is -0.383 e. The van der Waals surface area contributed by atoms with E-state index in [4.69, 9.17) is 10.5 Å². The Balaban J connectivity index is 2.87. The Hall–Kier alpha value is -0.450. The van der Waals surface area contributed by atoms with E-state index in [-0.39, 0.29) is 11.9 Å². The molecule has 1 rings (SSSR count). The maximum atomic E-state index is 12.9. The van der Waals surface area contributed by atoms with Crippen LogP contribution in [-0.2, 0) is 4.74 Å². The van der Waals surface area contributed by atoms with Gasteiger partial charge in [0.05, 0.1) is 12.6 Å². The largest absolute Gasteiger partial charge is 0.383 e. The van der Waals surface area contributed by atoms with Crippen molar-refractivity contribution >= 4 is 15.9 Å². The van der Waals surface area contributed by atoms with Crippen LogP contribution in [0.4, 0.5) is 4.39 Å². The van der Waals surface area contributed by atoms with E-state index < -0.39 is 0 Å². The Bertz CT molecular complexity index is 273. The molecular formula is C9H11BrFNO. The van der Waals surface area contributed by atoms with Crippen LogP contribution < -0.4 is 5.73 Å². The molecule has 4 heteroatoms. The van der Waals surface area contributed by atoms with Crippen LogP contribution in [0.2, 0.25) is 0 Å². The van der Waals surface area contributed by atoms with E-state index >= 15 is 0 Å². The number of methoxy groups -OCH3 is 1. The molecule has 0 fully saturated rings. The molecule has 0 bridgehead atoms. The molecule has 0 aliphatic rings. The predicted octanol–water partition coefficient (Wildman–Crippen LogP) is 2.23. The van der Waals surface area contributed by atoms with E-state index in [2.05, 4.69) is 15.9 Å². The van der Waals surface area contributed by atoms with Gasteiger partial charge < -0.3 is 10.5 Å². The van der Waals surface area contributed by atoms with Crippen LogP contribution in [0.5, 0.6) is 0 Å². The Kier molecular flexibility index (Phi) is 3.84. The lowest BCUT2D eigenvalue weighted by Crippen LogP contribution is -2.16. The normalized spacial score (nSPS) is 12.9. The van der Waals surface area contributed by atoms with Gasteiger partial charge in [-0.25, -0.2) is 4.39 Å². The molecule has 0 amide bonds. The Labute approximate surface area is 85.0 Å². The van der Waals surface area contributed by atoms with Gasteiger partial charge in [-0.2, -0.15) is 0 Å².